The van der Waals surface area contributed by atoms with Gasteiger partial charge in [-0.25, -0.2) is 13.9 Å². The number of hydrogen-bond donors (Lipinski definition) is 5. The van der Waals surface area contributed by atoms with Crippen LogP contribution >= 0.6 is 15.6 Å². The predicted molar refractivity (Wildman–Crippen MR) is 67.1 cm³/mol. The Kier molecular flexibility index (Phi) is 11.1. The van der Waals surface area contributed by atoms with Crippen LogP contribution in [0.25, 0.3) is 0 Å². The van der Waals surface area contributed by atoms with Gasteiger partial charge in [-0.05, 0) is 19.4 Å². The molecule has 10 nitrogen and oxygen atoms in total. The van der Waals surface area contributed by atoms with Gasteiger partial charge in [0.05, 0.1) is 0 Å². The summed E-state index contributed by atoms with van der Waals surface area (Å²) in [7, 11) is -10.4. The third-order valence-electron chi connectivity index (χ3n) is 1.69. The first-order chi connectivity index (χ1) is 8.07. The van der Waals surface area contributed by atoms with E-state index in [0.717, 1.165) is 0 Å². The van der Waals surface area contributed by atoms with Gasteiger partial charge in [-0.3, -0.25) is 4.89 Å². The molecule has 0 bridgehead atoms. The zero-order chi connectivity index (χ0) is 14.4. The van der Waals surface area contributed by atoms with Crippen molar-refractivity contribution < 1.29 is 37.4 Å². The van der Waals surface area contributed by atoms with Crippen LogP contribution in [0.5, 0.6) is 0 Å². The molecule has 0 heterocycles. The molecule has 0 aromatic rings. The summed E-state index contributed by atoms with van der Waals surface area (Å²) in [5.74, 6) is -1.29. The van der Waals surface area contributed by atoms with Gasteiger partial charge in [-0.1, -0.05) is 6.42 Å². The number of carbonyl (C=O) groups excluding carboxylic acids is 1. The van der Waals surface area contributed by atoms with E-state index in [2.05, 4.69) is 8.83 Å². The molecule has 0 aliphatic carbocycles. The van der Waals surface area contributed by atoms with Crippen LogP contribution in [-0.4, -0.2) is 62.8 Å². The van der Waals surface area contributed by atoms with Gasteiger partial charge in [0.25, 0.3) is 0 Å². The molecule has 0 saturated carbocycles. The molecule has 0 aliphatic rings. The second-order valence-electron chi connectivity index (χ2n) is 3.34. The number of rotatable bonds is 8. The van der Waals surface area contributed by atoms with E-state index in [0.29, 0.717) is 19.4 Å². The van der Waals surface area contributed by atoms with Crippen LogP contribution in [0.3, 0.4) is 0 Å². The summed E-state index contributed by atoms with van der Waals surface area (Å²) in [5, 5.41) is 0. The molecule has 19 heavy (non-hydrogen) atoms. The van der Waals surface area contributed by atoms with Gasteiger partial charge in [0.1, 0.15) is 6.04 Å². The molecule has 0 spiro atoms. The molecular formula is C6H17N2NaO8P2. The summed E-state index contributed by atoms with van der Waals surface area (Å²) >= 11 is 0. The van der Waals surface area contributed by atoms with Crippen molar-refractivity contribution in [1.29, 1.82) is 0 Å². The van der Waals surface area contributed by atoms with Crippen molar-refractivity contribution >= 4 is 51.2 Å². The number of unbranched alkanes of at least 4 members (excludes halogenated alkanes) is 1. The van der Waals surface area contributed by atoms with E-state index in [-0.39, 0.29) is 36.0 Å². The van der Waals surface area contributed by atoms with Crippen molar-refractivity contribution in [3.05, 3.63) is 0 Å². The third kappa shape index (κ3) is 12.2. The average molecular weight is 330 g/mol. The van der Waals surface area contributed by atoms with E-state index in [1.807, 2.05) is 0 Å². The van der Waals surface area contributed by atoms with E-state index in [4.69, 9.17) is 26.1 Å². The number of carbonyl (C=O) groups is 1. The van der Waals surface area contributed by atoms with Gasteiger partial charge in [0, 0.05) is 0 Å². The van der Waals surface area contributed by atoms with Gasteiger partial charge in [-0.2, -0.15) is 4.31 Å². The molecule has 0 fully saturated rings. The Morgan fingerprint density at radius 2 is 1.74 bits per heavy atom. The van der Waals surface area contributed by atoms with Gasteiger partial charge in [0.2, 0.25) is 0 Å². The zero-order valence-corrected chi connectivity index (χ0v) is 11.1. The maximum absolute atomic E-state index is 11.2. The molecule has 0 aliphatic heterocycles. The van der Waals surface area contributed by atoms with Crippen molar-refractivity contribution in [2.75, 3.05) is 6.54 Å². The topological polar surface area (TPSA) is 182 Å². The Labute approximate surface area is 132 Å². The fourth-order valence-electron chi connectivity index (χ4n) is 0.959. The number of phosphoric ester groups is 1. The quantitative estimate of drug-likeness (QED) is 0.200. The average Bonchev–Trinajstić information content (AvgIpc) is 2.12. The summed E-state index contributed by atoms with van der Waals surface area (Å²) < 4.78 is 28.6. The van der Waals surface area contributed by atoms with Crippen LogP contribution in [0.4, 0.5) is 0 Å². The van der Waals surface area contributed by atoms with Gasteiger partial charge in [0.15, 0.2) is 0 Å². The second kappa shape index (κ2) is 9.59. The van der Waals surface area contributed by atoms with E-state index in [9.17, 15) is 13.9 Å². The Bertz CT molecular complexity index is 374. The van der Waals surface area contributed by atoms with Crippen LogP contribution in [0.1, 0.15) is 19.3 Å². The Morgan fingerprint density at radius 3 is 2.16 bits per heavy atom. The van der Waals surface area contributed by atoms with Crippen LogP contribution in [0.15, 0.2) is 0 Å². The molecule has 2 atom stereocenters. The van der Waals surface area contributed by atoms with E-state index in [1.165, 1.54) is 0 Å². The van der Waals surface area contributed by atoms with Gasteiger partial charge in [-0.15, -0.1) is 0 Å². The summed E-state index contributed by atoms with van der Waals surface area (Å²) in [5.41, 5.74) is 10.5. The molecule has 0 saturated heterocycles. The van der Waals surface area contributed by atoms with E-state index in [1.54, 1.807) is 0 Å². The van der Waals surface area contributed by atoms with Crippen molar-refractivity contribution in [3.63, 3.8) is 0 Å². The van der Waals surface area contributed by atoms with Crippen molar-refractivity contribution in [2.24, 2.45) is 11.5 Å². The molecule has 0 radical (unpaired) electrons. The SMILES string of the molecule is NCCCC[C@H](N)C(=O)OP(=O)(O)OP(=O)(O)O.[NaH]. The first kappa shape index (κ1) is 22.0. The summed E-state index contributed by atoms with van der Waals surface area (Å²) in [6.07, 6.45) is 1.27. The number of nitrogens with two attached hydrogens (primary N) is 2. The van der Waals surface area contributed by atoms with Crippen molar-refractivity contribution in [1.82, 2.24) is 0 Å². The number of hydrogen-bond acceptors (Lipinski definition) is 7. The molecule has 0 amide bonds. The molecule has 0 aromatic carbocycles. The standard InChI is InChI=1S/C6H16N2O8P2.Na.H/c7-4-2-1-3-5(8)6(9)15-18(13,14)16-17(10,11)12;;/h5H,1-4,7-8H2,(H,13,14)(H2,10,11,12);;/t5-;;/m0../s1. The third-order valence-corrected chi connectivity index (χ3v) is 3.77. The molecular weight excluding hydrogens is 313 g/mol. The fraction of sp³-hybridized carbons (Fsp3) is 0.833. The molecule has 0 rings (SSSR count). The van der Waals surface area contributed by atoms with Crippen LogP contribution in [0.2, 0.25) is 0 Å². The van der Waals surface area contributed by atoms with E-state index >= 15 is 0 Å². The first-order valence-electron chi connectivity index (χ1n) is 4.86. The normalized spacial score (nSPS) is 16.1. The van der Waals surface area contributed by atoms with E-state index < -0.39 is 27.7 Å². The summed E-state index contributed by atoms with van der Waals surface area (Å²) in [6.45, 7) is 0.404. The molecule has 13 heteroatoms. The predicted octanol–water partition coefficient (Wildman–Crippen LogP) is -1.45. The van der Waals surface area contributed by atoms with Gasteiger partial charge < -0.3 is 25.8 Å². The summed E-state index contributed by atoms with van der Waals surface area (Å²) in [6, 6.07) is -1.20. The maximum atomic E-state index is 11.2. The first-order valence-corrected chi connectivity index (χ1v) is 7.89. The number of phosphoric acid groups is 2. The summed E-state index contributed by atoms with van der Waals surface area (Å²) in [4.78, 5) is 36.7. The molecule has 7 N–H and O–H groups in total. The minimum atomic E-state index is -5.25. The second-order valence-corrected chi connectivity index (χ2v) is 6.10. The van der Waals surface area contributed by atoms with Crippen LogP contribution in [-0.2, 0) is 22.8 Å². The molecule has 1 unspecified atom stereocenters. The Hall–Kier alpha value is 0.690. The van der Waals surface area contributed by atoms with Crippen molar-refractivity contribution in [2.45, 2.75) is 25.3 Å². The minimum absolute atomic E-state index is 0. The zero-order valence-electron chi connectivity index (χ0n) is 9.34. The Morgan fingerprint density at radius 1 is 1.21 bits per heavy atom. The monoisotopic (exact) mass is 330 g/mol. The van der Waals surface area contributed by atoms with Crippen LogP contribution < -0.4 is 11.5 Å². The Balaban J connectivity index is 0. The van der Waals surface area contributed by atoms with Crippen molar-refractivity contribution in [3.8, 4) is 0 Å². The molecule has 0 aromatic heterocycles. The molecule has 110 valence electrons. The van der Waals surface area contributed by atoms with Gasteiger partial charge >= 0.3 is 51.2 Å². The van der Waals surface area contributed by atoms with Crippen LogP contribution in [0, 0.1) is 0 Å². The fourth-order valence-corrected chi connectivity index (χ4v) is 2.53.